The number of ether oxygens (including phenoxy) is 1. The number of benzene rings is 2. The predicted molar refractivity (Wildman–Crippen MR) is 120 cm³/mol. The van der Waals surface area contributed by atoms with Gasteiger partial charge in [-0.2, -0.15) is 13.2 Å². The largest absolute Gasteiger partial charge is 0.493 e. The third kappa shape index (κ3) is 6.37. The fourth-order valence-corrected chi connectivity index (χ4v) is 3.50. The van der Waals surface area contributed by atoms with E-state index >= 15 is 0 Å². The monoisotopic (exact) mass is 459 g/mol. The number of amides is 1. The summed E-state index contributed by atoms with van der Waals surface area (Å²) in [5, 5.41) is 0. The molecule has 0 atom stereocenters. The maximum atomic E-state index is 13.3. The Morgan fingerprint density at radius 3 is 2.33 bits per heavy atom. The zero-order valence-corrected chi connectivity index (χ0v) is 19.2. The molecule has 1 aromatic heterocycles. The molecular formula is C25H28F3N3O2. The van der Waals surface area contributed by atoms with E-state index < -0.39 is 17.2 Å². The van der Waals surface area contributed by atoms with Gasteiger partial charge in [-0.05, 0) is 42.3 Å². The Bertz CT molecular complexity index is 1090. The number of carbonyl (C=O) groups excluding carboxylic acids is 1. The Morgan fingerprint density at radius 2 is 1.76 bits per heavy atom. The first kappa shape index (κ1) is 24.4. The molecule has 0 spiro atoms. The highest BCUT2D eigenvalue weighted by Crippen LogP contribution is 2.31. The molecule has 3 rings (SSSR count). The van der Waals surface area contributed by atoms with Crippen LogP contribution in [-0.4, -0.2) is 33.5 Å². The lowest BCUT2D eigenvalue weighted by Crippen LogP contribution is -2.41. The van der Waals surface area contributed by atoms with Crippen LogP contribution in [0.3, 0.4) is 0 Å². The molecule has 176 valence electrons. The van der Waals surface area contributed by atoms with E-state index in [1.165, 1.54) is 12.1 Å². The van der Waals surface area contributed by atoms with Crippen LogP contribution in [0.25, 0.3) is 0 Å². The Kier molecular flexibility index (Phi) is 7.15. The number of hydrogen-bond donors (Lipinski definition) is 0. The van der Waals surface area contributed by atoms with E-state index in [0.717, 1.165) is 23.3 Å². The number of nitrogens with zero attached hydrogens (tertiary/aromatic N) is 3. The van der Waals surface area contributed by atoms with Gasteiger partial charge in [0.25, 0.3) is 5.91 Å². The van der Waals surface area contributed by atoms with Gasteiger partial charge in [-0.1, -0.05) is 38.1 Å². The van der Waals surface area contributed by atoms with Gasteiger partial charge < -0.3 is 14.2 Å². The second kappa shape index (κ2) is 9.68. The van der Waals surface area contributed by atoms with Crippen LogP contribution in [0.2, 0.25) is 0 Å². The molecule has 0 unspecified atom stereocenters. The molecule has 0 N–H and O–H groups in total. The number of imidazole rings is 1. The van der Waals surface area contributed by atoms with Gasteiger partial charge in [-0.15, -0.1) is 0 Å². The minimum Gasteiger partial charge on any atom is -0.493 e. The van der Waals surface area contributed by atoms with Crippen LogP contribution < -0.4 is 4.74 Å². The van der Waals surface area contributed by atoms with Crippen molar-refractivity contribution in [1.82, 2.24) is 14.5 Å². The summed E-state index contributed by atoms with van der Waals surface area (Å²) in [7, 11) is 1.77. The van der Waals surface area contributed by atoms with Crippen molar-refractivity contribution in [2.24, 2.45) is 12.5 Å². The minimum atomic E-state index is -4.39. The number of aromatic nitrogens is 2. The molecular weight excluding hydrogens is 431 g/mol. The third-order valence-corrected chi connectivity index (χ3v) is 5.38. The van der Waals surface area contributed by atoms with Crippen molar-refractivity contribution in [1.29, 1.82) is 0 Å². The summed E-state index contributed by atoms with van der Waals surface area (Å²) >= 11 is 0. The number of halogens is 3. The van der Waals surface area contributed by atoms with E-state index in [-0.39, 0.29) is 12.5 Å². The molecule has 0 bridgehead atoms. The van der Waals surface area contributed by atoms with Gasteiger partial charge in [-0.3, -0.25) is 4.79 Å². The van der Waals surface area contributed by atoms with Crippen molar-refractivity contribution in [3.05, 3.63) is 83.4 Å². The quantitative estimate of drug-likeness (QED) is 0.447. The Balaban J connectivity index is 1.75. The summed E-state index contributed by atoms with van der Waals surface area (Å²) in [4.78, 5) is 19.2. The lowest BCUT2D eigenvalue weighted by atomic mass is 9.93. The smallest absolute Gasteiger partial charge is 0.416 e. The highest BCUT2D eigenvalue weighted by molar-refractivity contribution is 5.92. The Labute approximate surface area is 191 Å². The molecule has 0 aliphatic heterocycles. The van der Waals surface area contributed by atoms with E-state index in [9.17, 15) is 18.0 Å². The third-order valence-electron chi connectivity index (χ3n) is 5.38. The van der Waals surface area contributed by atoms with Crippen molar-refractivity contribution >= 4 is 5.91 Å². The van der Waals surface area contributed by atoms with Gasteiger partial charge in [0, 0.05) is 25.6 Å². The first-order chi connectivity index (χ1) is 15.5. The molecule has 2 aromatic carbocycles. The second-order valence-corrected chi connectivity index (χ2v) is 8.95. The van der Waals surface area contributed by atoms with Crippen molar-refractivity contribution in [2.75, 3.05) is 13.2 Å². The van der Waals surface area contributed by atoms with Gasteiger partial charge in [-0.25, -0.2) is 4.98 Å². The number of rotatable bonds is 8. The highest BCUT2D eigenvalue weighted by atomic mass is 19.4. The molecule has 8 heteroatoms. The van der Waals surface area contributed by atoms with Crippen LogP contribution in [0.1, 0.15) is 41.0 Å². The van der Waals surface area contributed by atoms with Crippen molar-refractivity contribution < 1.29 is 22.7 Å². The van der Waals surface area contributed by atoms with E-state index in [2.05, 4.69) is 4.98 Å². The van der Waals surface area contributed by atoms with E-state index in [0.29, 0.717) is 24.5 Å². The SMILES string of the molecule is Cc1ccccc1CN(CC(C)(C)COc1ccc(C(F)(F)F)cc1)C(=O)c1cncn1C. The van der Waals surface area contributed by atoms with Crippen LogP contribution in [0.5, 0.6) is 5.75 Å². The molecule has 0 aliphatic rings. The molecule has 0 saturated heterocycles. The van der Waals surface area contributed by atoms with Crippen molar-refractivity contribution in [2.45, 2.75) is 33.5 Å². The molecule has 1 amide bonds. The lowest BCUT2D eigenvalue weighted by Gasteiger charge is -2.33. The Hall–Kier alpha value is -3.29. The van der Waals surface area contributed by atoms with Gasteiger partial charge in [0.2, 0.25) is 0 Å². The predicted octanol–water partition coefficient (Wildman–Crippen LogP) is 5.49. The van der Waals surface area contributed by atoms with Gasteiger partial charge in [0.05, 0.1) is 24.7 Å². The summed E-state index contributed by atoms with van der Waals surface area (Å²) in [5.41, 5.74) is 1.40. The fourth-order valence-electron chi connectivity index (χ4n) is 3.50. The molecule has 0 fully saturated rings. The maximum Gasteiger partial charge on any atom is 0.416 e. The number of aryl methyl sites for hydroxylation is 2. The average molecular weight is 460 g/mol. The van der Waals surface area contributed by atoms with Crippen LogP contribution in [0, 0.1) is 12.3 Å². The van der Waals surface area contributed by atoms with Crippen LogP contribution in [0.4, 0.5) is 13.2 Å². The molecule has 0 radical (unpaired) electrons. The molecule has 33 heavy (non-hydrogen) atoms. The Morgan fingerprint density at radius 1 is 1.09 bits per heavy atom. The first-order valence-corrected chi connectivity index (χ1v) is 10.6. The number of alkyl halides is 3. The minimum absolute atomic E-state index is 0.152. The summed E-state index contributed by atoms with van der Waals surface area (Å²) in [5.74, 6) is 0.195. The second-order valence-electron chi connectivity index (χ2n) is 8.95. The number of hydrogen-bond acceptors (Lipinski definition) is 3. The topological polar surface area (TPSA) is 47.4 Å². The van der Waals surface area contributed by atoms with Crippen LogP contribution in [-0.2, 0) is 19.8 Å². The standard InChI is InChI=1S/C25H28F3N3O2/c1-18-7-5-6-8-19(18)14-31(23(32)22-13-29-17-30(22)4)15-24(2,3)16-33-21-11-9-20(10-12-21)25(26,27)28/h5-13,17H,14-16H2,1-4H3. The normalized spacial score (nSPS) is 12.0. The van der Waals surface area contributed by atoms with Gasteiger partial charge in [0.15, 0.2) is 0 Å². The van der Waals surface area contributed by atoms with Crippen LogP contribution >= 0.6 is 0 Å². The average Bonchev–Trinajstić information content (AvgIpc) is 3.18. The van der Waals surface area contributed by atoms with E-state index in [4.69, 9.17) is 4.74 Å². The van der Waals surface area contributed by atoms with Crippen LogP contribution in [0.15, 0.2) is 61.1 Å². The zero-order chi connectivity index (χ0) is 24.2. The zero-order valence-electron chi connectivity index (χ0n) is 19.2. The lowest BCUT2D eigenvalue weighted by molar-refractivity contribution is -0.137. The highest BCUT2D eigenvalue weighted by Gasteiger charge is 2.31. The maximum absolute atomic E-state index is 13.3. The first-order valence-electron chi connectivity index (χ1n) is 10.6. The van der Waals surface area contributed by atoms with Crippen molar-refractivity contribution in [3.63, 3.8) is 0 Å². The summed E-state index contributed by atoms with van der Waals surface area (Å²) in [6, 6.07) is 12.5. The summed E-state index contributed by atoms with van der Waals surface area (Å²) in [6.07, 6.45) is -1.27. The molecule has 0 saturated carbocycles. The van der Waals surface area contributed by atoms with E-state index in [1.807, 2.05) is 45.0 Å². The molecule has 1 heterocycles. The van der Waals surface area contributed by atoms with Gasteiger partial charge >= 0.3 is 6.18 Å². The molecule has 5 nitrogen and oxygen atoms in total. The van der Waals surface area contributed by atoms with Crippen molar-refractivity contribution in [3.8, 4) is 5.75 Å². The van der Waals surface area contributed by atoms with E-state index in [1.54, 1.807) is 29.0 Å². The summed E-state index contributed by atoms with van der Waals surface area (Å²) < 4.78 is 45.8. The number of carbonyl (C=O) groups is 1. The molecule has 3 aromatic rings. The fraction of sp³-hybridized carbons (Fsp3) is 0.360. The summed E-state index contributed by atoms with van der Waals surface area (Å²) in [6.45, 7) is 6.94. The molecule has 0 aliphatic carbocycles. The van der Waals surface area contributed by atoms with Gasteiger partial charge in [0.1, 0.15) is 11.4 Å².